The summed E-state index contributed by atoms with van der Waals surface area (Å²) in [7, 11) is 1.86. The molecule has 0 spiro atoms. The van der Waals surface area contributed by atoms with E-state index in [4.69, 9.17) is 0 Å². The fourth-order valence-electron chi connectivity index (χ4n) is 2.73. The van der Waals surface area contributed by atoms with Crippen LogP contribution in [0.25, 0.3) is 11.0 Å². The Morgan fingerprint density at radius 3 is 2.50 bits per heavy atom. The Hall–Kier alpha value is -1.56. The average Bonchev–Trinajstić information content (AvgIpc) is 2.77. The van der Waals surface area contributed by atoms with Crippen LogP contribution in [0.5, 0.6) is 0 Å². The third-order valence-electron chi connectivity index (χ3n) is 3.69. The molecule has 1 aromatic heterocycles. The molecule has 2 aromatic rings. The fourth-order valence-corrected chi connectivity index (χ4v) is 2.73. The van der Waals surface area contributed by atoms with Gasteiger partial charge >= 0.3 is 6.18 Å². The first-order valence-corrected chi connectivity index (χ1v) is 7.44. The van der Waals surface area contributed by atoms with Crippen LogP contribution in [-0.2, 0) is 12.6 Å². The van der Waals surface area contributed by atoms with Gasteiger partial charge in [-0.15, -0.1) is 0 Å². The Morgan fingerprint density at radius 2 is 1.95 bits per heavy atom. The zero-order chi connectivity index (χ0) is 16.5. The molecule has 0 radical (unpaired) electrons. The highest BCUT2D eigenvalue weighted by Gasteiger charge is 2.34. The van der Waals surface area contributed by atoms with E-state index in [-0.39, 0.29) is 11.6 Å². The van der Waals surface area contributed by atoms with Crippen molar-refractivity contribution in [3.63, 3.8) is 0 Å². The summed E-state index contributed by atoms with van der Waals surface area (Å²) in [6.07, 6.45) is -2.87. The summed E-state index contributed by atoms with van der Waals surface area (Å²) in [6, 6.07) is 3.05. The summed E-state index contributed by atoms with van der Waals surface area (Å²) in [4.78, 5) is 7.24. The first-order chi connectivity index (χ1) is 10.2. The van der Waals surface area contributed by atoms with Crippen LogP contribution in [0.1, 0.15) is 37.2 Å². The molecule has 122 valence electrons. The zero-order valence-corrected chi connectivity index (χ0v) is 13.3. The van der Waals surface area contributed by atoms with Crippen LogP contribution in [-0.4, -0.2) is 23.1 Å². The van der Waals surface area contributed by atoms with Gasteiger partial charge in [0.1, 0.15) is 11.3 Å². The molecular weight excluding hydrogens is 291 g/mol. The quantitative estimate of drug-likeness (QED) is 0.873. The summed E-state index contributed by atoms with van der Waals surface area (Å²) in [5.74, 6) is 1.10. The monoisotopic (exact) mass is 313 g/mol. The van der Waals surface area contributed by atoms with Gasteiger partial charge in [-0.3, -0.25) is 0 Å². The normalized spacial score (nSPS) is 14.0. The Labute approximate surface area is 128 Å². The number of nitrogens with zero attached hydrogens (tertiary/aromatic N) is 1. The Bertz CT molecular complexity index is 644. The van der Waals surface area contributed by atoms with Crippen molar-refractivity contribution in [2.45, 2.75) is 45.8 Å². The van der Waals surface area contributed by atoms with Gasteiger partial charge in [-0.05, 0) is 44.0 Å². The maximum atomic E-state index is 13.1. The largest absolute Gasteiger partial charge is 0.418 e. The first-order valence-electron chi connectivity index (χ1n) is 7.44. The van der Waals surface area contributed by atoms with Crippen molar-refractivity contribution in [1.82, 2.24) is 15.3 Å². The van der Waals surface area contributed by atoms with Crippen molar-refractivity contribution in [2.75, 3.05) is 7.05 Å². The minimum Gasteiger partial charge on any atom is -0.342 e. The summed E-state index contributed by atoms with van der Waals surface area (Å²) in [5, 5.41) is 3.20. The molecule has 2 N–H and O–H groups in total. The predicted octanol–water partition coefficient (Wildman–Crippen LogP) is 4.07. The third kappa shape index (κ3) is 3.80. The number of imidazole rings is 1. The highest BCUT2D eigenvalue weighted by Crippen LogP contribution is 2.34. The number of benzene rings is 1. The second-order valence-corrected chi connectivity index (χ2v) is 6.21. The van der Waals surface area contributed by atoms with Crippen molar-refractivity contribution in [2.24, 2.45) is 5.92 Å². The smallest absolute Gasteiger partial charge is 0.342 e. The molecule has 1 aromatic carbocycles. The minimum absolute atomic E-state index is 0.00694. The lowest BCUT2D eigenvalue weighted by Crippen LogP contribution is -2.29. The summed E-state index contributed by atoms with van der Waals surface area (Å²) in [5.41, 5.74) is 0.353. The number of likely N-dealkylation sites (N-methyl/N-ethyl adjacent to an activating group) is 1. The van der Waals surface area contributed by atoms with Gasteiger partial charge in [-0.1, -0.05) is 13.8 Å². The number of alkyl halides is 3. The van der Waals surface area contributed by atoms with E-state index in [0.717, 1.165) is 12.5 Å². The summed E-state index contributed by atoms with van der Waals surface area (Å²) in [6.45, 7) is 5.90. The van der Waals surface area contributed by atoms with Gasteiger partial charge in [-0.2, -0.15) is 13.2 Å². The lowest BCUT2D eigenvalue weighted by atomic mass is 10.0. The molecule has 0 saturated carbocycles. The van der Waals surface area contributed by atoms with Crippen molar-refractivity contribution < 1.29 is 13.2 Å². The van der Waals surface area contributed by atoms with Gasteiger partial charge in [0.05, 0.1) is 11.1 Å². The van der Waals surface area contributed by atoms with Crippen LogP contribution < -0.4 is 5.32 Å². The van der Waals surface area contributed by atoms with E-state index < -0.39 is 11.7 Å². The van der Waals surface area contributed by atoms with Crippen molar-refractivity contribution >= 4 is 11.0 Å². The molecule has 0 bridgehead atoms. The number of fused-ring (bicyclic) bond motifs is 1. The van der Waals surface area contributed by atoms with Gasteiger partial charge in [0.15, 0.2) is 0 Å². The van der Waals surface area contributed by atoms with Gasteiger partial charge < -0.3 is 10.3 Å². The first kappa shape index (κ1) is 16.8. The minimum atomic E-state index is -4.39. The van der Waals surface area contributed by atoms with Crippen LogP contribution in [0.4, 0.5) is 13.2 Å². The van der Waals surface area contributed by atoms with Crippen LogP contribution in [0, 0.1) is 12.8 Å². The van der Waals surface area contributed by atoms with E-state index in [9.17, 15) is 13.2 Å². The Balaban J connectivity index is 2.38. The number of aryl methyl sites for hydroxylation is 1. The SMILES string of the molecule is CN[C@H](Cc1nc2c(C(F)(F)F)cc(C)cc2[nH]1)CC(C)C. The lowest BCUT2D eigenvalue weighted by molar-refractivity contribution is -0.136. The highest BCUT2D eigenvalue weighted by atomic mass is 19.4. The van der Waals surface area contributed by atoms with Crippen LogP contribution in [0.2, 0.25) is 0 Å². The third-order valence-corrected chi connectivity index (χ3v) is 3.69. The molecule has 0 amide bonds. The highest BCUT2D eigenvalue weighted by molar-refractivity contribution is 5.80. The van der Waals surface area contributed by atoms with E-state index in [1.54, 1.807) is 13.0 Å². The number of rotatable bonds is 5. The van der Waals surface area contributed by atoms with Gasteiger partial charge in [-0.25, -0.2) is 4.98 Å². The topological polar surface area (TPSA) is 40.7 Å². The number of hydrogen-bond donors (Lipinski definition) is 2. The van der Waals surface area contributed by atoms with E-state index in [1.807, 2.05) is 7.05 Å². The van der Waals surface area contributed by atoms with Gasteiger partial charge in [0.25, 0.3) is 0 Å². The molecule has 0 fully saturated rings. The molecule has 6 heteroatoms. The van der Waals surface area contributed by atoms with Crippen molar-refractivity contribution in [3.8, 4) is 0 Å². The zero-order valence-electron chi connectivity index (χ0n) is 13.3. The maximum absolute atomic E-state index is 13.1. The second-order valence-electron chi connectivity index (χ2n) is 6.21. The number of aromatic amines is 1. The molecule has 1 atom stereocenters. The number of hydrogen-bond acceptors (Lipinski definition) is 2. The average molecular weight is 313 g/mol. The lowest BCUT2D eigenvalue weighted by Gasteiger charge is -2.16. The molecule has 2 rings (SSSR count). The van der Waals surface area contributed by atoms with Gasteiger partial charge in [0, 0.05) is 12.5 Å². The number of nitrogens with one attached hydrogen (secondary N) is 2. The molecule has 0 aliphatic rings. The number of H-pyrrole nitrogens is 1. The van der Waals surface area contributed by atoms with Crippen LogP contribution in [0.15, 0.2) is 12.1 Å². The van der Waals surface area contributed by atoms with Crippen LogP contribution in [0.3, 0.4) is 0 Å². The molecule has 0 aliphatic heterocycles. The molecule has 0 aliphatic carbocycles. The van der Waals surface area contributed by atoms with Crippen molar-refractivity contribution in [1.29, 1.82) is 0 Å². The predicted molar refractivity (Wildman–Crippen MR) is 81.8 cm³/mol. The Kier molecular flexibility index (Phi) is 4.80. The van der Waals surface area contributed by atoms with Crippen LogP contribution >= 0.6 is 0 Å². The standard InChI is InChI=1S/C16H22F3N3/c1-9(2)5-11(20-4)8-14-21-13-7-10(3)6-12(15(13)22-14)16(17,18)19/h6-7,9,11,20H,5,8H2,1-4H3,(H,21,22)/t11-/m0/s1. The fraction of sp³-hybridized carbons (Fsp3) is 0.562. The molecule has 0 unspecified atom stereocenters. The van der Waals surface area contributed by atoms with E-state index in [0.29, 0.717) is 29.2 Å². The molecule has 0 saturated heterocycles. The molecule has 3 nitrogen and oxygen atoms in total. The van der Waals surface area contributed by atoms with Crippen molar-refractivity contribution in [3.05, 3.63) is 29.1 Å². The maximum Gasteiger partial charge on any atom is 0.418 e. The molecular formula is C16H22F3N3. The van der Waals surface area contributed by atoms with Gasteiger partial charge in [0.2, 0.25) is 0 Å². The summed E-state index contributed by atoms with van der Waals surface area (Å²) < 4.78 is 39.4. The van der Waals surface area contributed by atoms with E-state index in [1.165, 1.54) is 0 Å². The summed E-state index contributed by atoms with van der Waals surface area (Å²) >= 11 is 0. The number of halogens is 3. The Morgan fingerprint density at radius 1 is 1.27 bits per heavy atom. The molecule has 22 heavy (non-hydrogen) atoms. The number of aromatic nitrogens is 2. The van der Waals surface area contributed by atoms with E-state index in [2.05, 4.69) is 29.1 Å². The van der Waals surface area contributed by atoms with E-state index >= 15 is 0 Å². The molecule has 1 heterocycles. The second kappa shape index (κ2) is 6.28.